The van der Waals surface area contributed by atoms with E-state index >= 15 is 0 Å². The van der Waals surface area contributed by atoms with E-state index in [-0.39, 0.29) is 16.4 Å². The average molecular weight is 334 g/mol. The van der Waals surface area contributed by atoms with E-state index in [1.165, 1.54) is 16.8 Å². The van der Waals surface area contributed by atoms with Gasteiger partial charge in [0, 0.05) is 11.8 Å². The van der Waals surface area contributed by atoms with Crippen molar-refractivity contribution in [2.24, 2.45) is 0 Å². The fraction of sp³-hybridized carbons (Fsp3) is 0.250. The Balaban J connectivity index is 2.26. The number of benzene rings is 1. The highest BCUT2D eigenvalue weighted by Gasteiger charge is 2.11. The van der Waals surface area contributed by atoms with Gasteiger partial charge in [0.15, 0.2) is 0 Å². The summed E-state index contributed by atoms with van der Waals surface area (Å²) in [5.41, 5.74) is 1.29. The molecule has 1 aromatic heterocycles. The van der Waals surface area contributed by atoms with Crippen molar-refractivity contribution in [3.8, 4) is 0 Å². The molecular formula is C12H11BrClFN2O. The molecule has 0 aliphatic heterocycles. The second-order valence-electron chi connectivity index (χ2n) is 3.86. The standard InChI is InChI=1S/C12H11BrClFN2O/c13-6-5-10-11(14)12(18)17(16-10)7-8-1-3-9(15)4-2-8/h1-4,16H,5-7H2. The molecule has 0 bridgehead atoms. The van der Waals surface area contributed by atoms with Crippen LogP contribution in [-0.2, 0) is 13.0 Å². The van der Waals surface area contributed by atoms with Crippen molar-refractivity contribution in [2.45, 2.75) is 13.0 Å². The normalized spacial score (nSPS) is 10.8. The number of alkyl halides is 1. The van der Waals surface area contributed by atoms with Crippen LogP contribution in [0.4, 0.5) is 4.39 Å². The number of aromatic nitrogens is 2. The molecule has 0 unspecified atom stereocenters. The van der Waals surface area contributed by atoms with Gasteiger partial charge in [0.05, 0.1) is 12.2 Å². The van der Waals surface area contributed by atoms with E-state index in [1.807, 2.05) is 0 Å². The molecule has 0 fully saturated rings. The van der Waals surface area contributed by atoms with Gasteiger partial charge >= 0.3 is 0 Å². The minimum absolute atomic E-state index is 0.219. The summed E-state index contributed by atoms with van der Waals surface area (Å²) in [5, 5.41) is 3.91. The minimum Gasteiger partial charge on any atom is -0.298 e. The fourth-order valence-electron chi connectivity index (χ4n) is 1.65. The SMILES string of the molecule is O=c1c(Cl)c(CCBr)[nH]n1Cc1ccc(F)cc1. The first-order valence-electron chi connectivity index (χ1n) is 5.39. The maximum absolute atomic E-state index is 12.8. The molecule has 1 heterocycles. The lowest BCUT2D eigenvalue weighted by Crippen LogP contribution is -2.17. The Morgan fingerprint density at radius 1 is 1.33 bits per heavy atom. The van der Waals surface area contributed by atoms with Crippen LogP contribution >= 0.6 is 27.5 Å². The summed E-state index contributed by atoms with van der Waals surface area (Å²) in [5.74, 6) is -0.296. The van der Waals surface area contributed by atoms with Crippen molar-refractivity contribution >= 4 is 27.5 Å². The second-order valence-corrected chi connectivity index (χ2v) is 5.03. The van der Waals surface area contributed by atoms with Gasteiger partial charge < -0.3 is 0 Å². The summed E-state index contributed by atoms with van der Waals surface area (Å²) in [6.45, 7) is 0.348. The molecule has 0 amide bonds. The lowest BCUT2D eigenvalue weighted by molar-refractivity contribution is 0.622. The molecule has 0 radical (unpaired) electrons. The average Bonchev–Trinajstić information content (AvgIpc) is 2.61. The Kier molecular flexibility index (Phi) is 4.24. The lowest BCUT2D eigenvalue weighted by Gasteiger charge is -2.02. The third-order valence-electron chi connectivity index (χ3n) is 2.57. The Hall–Kier alpha value is -1.07. The molecule has 0 aliphatic carbocycles. The number of H-pyrrole nitrogens is 1. The van der Waals surface area contributed by atoms with Crippen LogP contribution < -0.4 is 5.56 Å². The first kappa shape index (κ1) is 13.4. The van der Waals surface area contributed by atoms with Gasteiger partial charge in [-0.15, -0.1) is 0 Å². The molecule has 18 heavy (non-hydrogen) atoms. The van der Waals surface area contributed by atoms with E-state index in [0.29, 0.717) is 18.7 Å². The Morgan fingerprint density at radius 3 is 2.61 bits per heavy atom. The van der Waals surface area contributed by atoms with Crippen molar-refractivity contribution < 1.29 is 4.39 Å². The highest BCUT2D eigenvalue weighted by atomic mass is 79.9. The van der Waals surface area contributed by atoms with Crippen LogP contribution in [0.2, 0.25) is 5.02 Å². The maximum atomic E-state index is 12.8. The topological polar surface area (TPSA) is 37.8 Å². The number of nitrogens with one attached hydrogen (secondary N) is 1. The zero-order valence-corrected chi connectivity index (χ0v) is 11.8. The van der Waals surface area contributed by atoms with E-state index in [1.54, 1.807) is 12.1 Å². The number of hydrogen-bond donors (Lipinski definition) is 1. The van der Waals surface area contributed by atoms with E-state index < -0.39 is 0 Å². The van der Waals surface area contributed by atoms with Gasteiger partial charge in [-0.25, -0.2) is 9.07 Å². The molecular weight excluding hydrogens is 323 g/mol. The maximum Gasteiger partial charge on any atom is 0.285 e. The van der Waals surface area contributed by atoms with Crippen LogP contribution in [-0.4, -0.2) is 15.1 Å². The predicted molar refractivity (Wildman–Crippen MR) is 73.1 cm³/mol. The van der Waals surface area contributed by atoms with E-state index in [0.717, 1.165) is 10.9 Å². The van der Waals surface area contributed by atoms with Crippen LogP contribution in [0.15, 0.2) is 29.1 Å². The number of aryl methyl sites for hydroxylation is 1. The van der Waals surface area contributed by atoms with Crippen molar-refractivity contribution in [3.63, 3.8) is 0 Å². The van der Waals surface area contributed by atoms with E-state index in [2.05, 4.69) is 21.0 Å². The molecule has 3 nitrogen and oxygen atoms in total. The second kappa shape index (κ2) is 5.71. The third-order valence-corrected chi connectivity index (χ3v) is 3.35. The smallest absolute Gasteiger partial charge is 0.285 e. The summed E-state index contributed by atoms with van der Waals surface area (Å²) < 4.78 is 14.2. The quantitative estimate of drug-likeness (QED) is 0.858. The van der Waals surface area contributed by atoms with Gasteiger partial charge in [0.1, 0.15) is 10.8 Å². The molecule has 6 heteroatoms. The molecule has 2 aromatic rings. The Labute approximate surface area is 117 Å². The van der Waals surface area contributed by atoms with E-state index in [9.17, 15) is 9.18 Å². The first-order chi connectivity index (χ1) is 8.61. The van der Waals surface area contributed by atoms with Crippen LogP contribution in [0, 0.1) is 5.82 Å². The molecule has 1 aromatic carbocycles. The molecule has 0 saturated carbocycles. The van der Waals surface area contributed by atoms with Crippen molar-refractivity contribution in [1.82, 2.24) is 9.78 Å². The van der Waals surface area contributed by atoms with Gasteiger partial charge in [-0.2, -0.15) is 0 Å². The number of hydrogen-bond acceptors (Lipinski definition) is 1. The number of rotatable bonds is 4. The summed E-state index contributed by atoms with van der Waals surface area (Å²) in [4.78, 5) is 11.8. The molecule has 0 saturated heterocycles. The summed E-state index contributed by atoms with van der Waals surface area (Å²) in [6.07, 6.45) is 0.657. The summed E-state index contributed by atoms with van der Waals surface area (Å²) in [6, 6.07) is 6.01. The fourth-order valence-corrected chi connectivity index (χ4v) is 2.29. The van der Waals surface area contributed by atoms with Crippen LogP contribution in [0.25, 0.3) is 0 Å². The zero-order valence-electron chi connectivity index (χ0n) is 9.42. The van der Waals surface area contributed by atoms with Gasteiger partial charge in [0.2, 0.25) is 0 Å². The lowest BCUT2D eigenvalue weighted by atomic mass is 10.2. The molecule has 1 N–H and O–H groups in total. The predicted octanol–water partition coefficient (Wildman–Crippen LogP) is 2.95. The minimum atomic E-state index is -0.296. The third kappa shape index (κ3) is 2.84. The number of halogens is 3. The van der Waals surface area contributed by atoms with Crippen LogP contribution in [0.5, 0.6) is 0 Å². The summed E-state index contributed by atoms with van der Waals surface area (Å²) in [7, 11) is 0. The summed E-state index contributed by atoms with van der Waals surface area (Å²) >= 11 is 9.24. The zero-order chi connectivity index (χ0) is 13.1. The van der Waals surface area contributed by atoms with Gasteiger partial charge in [-0.3, -0.25) is 9.89 Å². The van der Waals surface area contributed by atoms with Crippen molar-refractivity contribution in [3.05, 3.63) is 56.7 Å². The van der Waals surface area contributed by atoms with Crippen LogP contribution in [0.3, 0.4) is 0 Å². The Bertz CT molecular complexity index is 591. The molecule has 96 valence electrons. The van der Waals surface area contributed by atoms with Crippen LogP contribution in [0.1, 0.15) is 11.3 Å². The first-order valence-corrected chi connectivity index (χ1v) is 6.89. The molecule has 0 aliphatic rings. The Morgan fingerprint density at radius 2 is 2.00 bits per heavy atom. The van der Waals surface area contributed by atoms with Gasteiger partial charge in [-0.1, -0.05) is 39.7 Å². The molecule has 2 rings (SSSR count). The molecule has 0 spiro atoms. The number of nitrogens with zero attached hydrogens (tertiary/aromatic N) is 1. The molecule has 0 atom stereocenters. The van der Waals surface area contributed by atoms with Gasteiger partial charge in [-0.05, 0) is 17.7 Å². The largest absolute Gasteiger partial charge is 0.298 e. The highest BCUT2D eigenvalue weighted by molar-refractivity contribution is 9.09. The van der Waals surface area contributed by atoms with Crippen molar-refractivity contribution in [1.29, 1.82) is 0 Å². The number of aromatic amines is 1. The van der Waals surface area contributed by atoms with Gasteiger partial charge in [0.25, 0.3) is 5.56 Å². The van der Waals surface area contributed by atoms with Crippen molar-refractivity contribution in [2.75, 3.05) is 5.33 Å². The monoisotopic (exact) mass is 332 g/mol. The highest BCUT2D eigenvalue weighted by Crippen LogP contribution is 2.11. The van der Waals surface area contributed by atoms with E-state index in [4.69, 9.17) is 11.6 Å².